The minimum Gasteiger partial charge on any atom is -0.456 e. The van der Waals surface area contributed by atoms with Crippen LogP contribution < -0.4 is 4.74 Å². The lowest BCUT2D eigenvalue weighted by Gasteiger charge is -2.15. The molecule has 0 aliphatic carbocycles. The molecule has 0 aliphatic heterocycles. The van der Waals surface area contributed by atoms with Crippen molar-refractivity contribution in [2.45, 2.75) is 20.8 Å². The second-order valence-electron chi connectivity index (χ2n) is 11.4. The molecule has 6 heteroatoms. The Morgan fingerprint density at radius 2 is 1.49 bits per heavy atom. The van der Waals surface area contributed by atoms with Crippen LogP contribution in [0, 0.1) is 20.8 Å². The number of nitrogens with zero attached hydrogens (tertiary/aromatic N) is 2. The van der Waals surface area contributed by atoms with Crippen molar-refractivity contribution in [3.63, 3.8) is 0 Å². The highest BCUT2D eigenvalue weighted by Gasteiger charge is 2.23. The lowest BCUT2D eigenvalue weighted by Crippen LogP contribution is -1.99. The first-order chi connectivity index (χ1) is 20.9. The van der Waals surface area contributed by atoms with Crippen LogP contribution >= 0.6 is 22.9 Å². The number of aryl methyl sites for hydroxylation is 3. The lowest BCUT2D eigenvalue weighted by atomic mass is 10.1. The van der Waals surface area contributed by atoms with E-state index in [1.54, 1.807) is 0 Å². The van der Waals surface area contributed by atoms with Gasteiger partial charge in [-0.1, -0.05) is 54.1 Å². The summed E-state index contributed by atoms with van der Waals surface area (Å²) in [5.41, 5.74) is 9.48. The summed E-state index contributed by atoms with van der Waals surface area (Å²) in [5, 5.41) is 5.17. The molecule has 208 valence electrons. The number of hydrogen-bond donors (Lipinski definition) is 0. The van der Waals surface area contributed by atoms with Crippen LogP contribution in [0.25, 0.3) is 64.6 Å². The first kappa shape index (κ1) is 24.8. The lowest BCUT2D eigenvalue weighted by molar-refractivity contribution is 0.483. The van der Waals surface area contributed by atoms with Crippen LogP contribution in [-0.2, 0) is 0 Å². The molecule has 0 fully saturated rings. The van der Waals surface area contributed by atoms with Crippen molar-refractivity contribution >= 4 is 81.9 Å². The SMILES string of the molecule is Cc1cc(Oc2ccc3oc4ccccc4c3c2)c(Cl)c(-n2c3c(C)cc(C)cc3n3c4sc5ccccc5c4cc23)c1. The predicted octanol–water partition coefficient (Wildman–Crippen LogP) is 11.5. The number of thiophene rings is 1. The summed E-state index contributed by atoms with van der Waals surface area (Å²) in [7, 11) is 0. The molecule has 0 bridgehead atoms. The molecule has 0 saturated heterocycles. The van der Waals surface area contributed by atoms with Gasteiger partial charge >= 0.3 is 0 Å². The summed E-state index contributed by atoms with van der Waals surface area (Å²) in [5.74, 6) is 1.33. The molecule has 0 unspecified atom stereocenters. The standard InChI is InChI=1S/C37H25ClN2O2S/c1-20-14-22(3)36-29(16-20)40-34(19-27-25-9-5-7-11-33(25)43-37(27)40)39(36)28-15-21(2)17-32(35(28)38)41-23-12-13-31-26(18-23)24-8-4-6-10-30(24)42-31/h4-19H,1-3H3. The number of fused-ring (bicyclic) bond motifs is 10. The molecule has 4 aromatic heterocycles. The van der Waals surface area contributed by atoms with Crippen molar-refractivity contribution in [1.82, 2.24) is 8.97 Å². The Kier molecular flexibility index (Phi) is 5.14. The van der Waals surface area contributed by atoms with Gasteiger partial charge in [0.2, 0.25) is 0 Å². The molecule has 4 heterocycles. The number of benzene rings is 5. The molecule has 0 amide bonds. The van der Waals surface area contributed by atoms with Crippen LogP contribution in [-0.4, -0.2) is 8.97 Å². The average Bonchev–Trinajstić information content (AvgIpc) is 3.72. The first-order valence-electron chi connectivity index (χ1n) is 14.3. The van der Waals surface area contributed by atoms with E-state index in [0.29, 0.717) is 16.5 Å². The molecule has 0 radical (unpaired) electrons. The van der Waals surface area contributed by atoms with Crippen LogP contribution in [0.15, 0.2) is 101 Å². The fourth-order valence-electron chi connectivity index (χ4n) is 6.66. The summed E-state index contributed by atoms with van der Waals surface area (Å²) in [6, 6.07) is 33.6. The quantitative estimate of drug-likeness (QED) is 0.203. The minimum atomic E-state index is 0.566. The second kappa shape index (κ2) is 8.90. The zero-order valence-electron chi connectivity index (χ0n) is 23.7. The maximum atomic E-state index is 7.30. The number of halogens is 1. The van der Waals surface area contributed by atoms with Gasteiger partial charge in [0.1, 0.15) is 38.2 Å². The van der Waals surface area contributed by atoms with Crippen molar-refractivity contribution < 1.29 is 9.15 Å². The molecule has 9 rings (SSSR count). The zero-order chi connectivity index (χ0) is 29.0. The molecule has 9 aromatic rings. The molecule has 0 spiro atoms. The smallest absolute Gasteiger partial charge is 0.148 e. The molecule has 0 N–H and O–H groups in total. The summed E-state index contributed by atoms with van der Waals surface area (Å²) in [6.45, 7) is 6.43. The summed E-state index contributed by atoms with van der Waals surface area (Å²) >= 11 is 9.13. The van der Waals surface area contributed by atoms with Crippen molar-refractivity contribution in [2.75, 3.05) is 0 Å². The molecular formula is C37H25ClN2O2S. The van der Waals surface area contributed by atoms with Gasteiger partial charge in [0.25, 0.3) is 0 Å². The predicted molar refractivity (Wildman–Crippen MR) is 180 cm³/mol. The molecule has 43 heavy (non-hydrogen) atoms. The van der Waals surface area contributed by atoms with Crippen molar-refractivity contribution in [3.8, 4) is 17.2 Å². The number of furan rings is 1. The number of hydrogen-bond acceptors (Lipinski definition) is 3. The van der Waals surface area contributed by atoms with E-state index in [1.807, 2.05) is 53.8 Å². The maximum absolute atomic E-state index is 7.30. The highest BCUT2D eigenvalue weighted by Crippen LogP contribution is 2.44. The van der Waals surface area contributed by atoms with Gasteiger partial charge in [-0.15, -0.1) is 11.3 Å². The van der Waals surface area contributed by atoms with Crippen LogP contribution in [0.4, 0.5) is 0 Å². The van der Waals surface area contributed by atoms with Gasteiger partial charge in [-0.2, -0.15) is 0 Å². The molecule has 5 aromatic carbocycles. The van der Waals surface area contributed by atoms with E-state index in [4.69, 9.17) is 20.8 Å². The Morgan fingerprint density at radius 3 is 2.37 bits per heavy atom. The highest BCUT2D eigenvalue weighted by molar-refractivity contribution is 7.25. The summed E-state index contributed by atoms with van der Waals surface area (Å²) in [4.78, 5) is 1.24. The maximum Gasteiger partial charge on any atom is 0.148 e. The van der Waals surface area contributed by atoms with Crippen LogP contribution in [0.5, 0.6) is 11.5 Å². The molecular weight excluding hydrogens is 572 g/mol. The van der Waals surface area contributed by atoms with E-state index in [0.717, 1.165) is 44.4 Å². The van der Waals surface area contributed by atoms with Crippen molar-refractivity contribution in [1.29, 1.82) is 0 Å². The number of para-hydroxylation sites is 1. The number of aromatic nitrogens is 2. The van der Waals surface area contributed by atoms with Crippen LogP contribution in [0.3, 0.4) is 0 Å². The van der Waals surface area contributed by atoms with Gasteiger partial charge < -0.3 is 9.15 Å². The zero-order valence-corrected chi connectivity index (χ0v) is 25.3. The number of ether oxygens (including phenoxy) is 1. The van der Waals surface area contributed by atoms with Crippen LogP contribution in [0.2, 0.25) is 5.02 Å². The first-order valence-corrected chi connectivity index (χ1v) is 15.5. The van der Waals surface area contributed by atoms with Gasteiger partial charge in [0.05, 0.1) is 16.7 Å². The fraction of sp³-hybridized carbons (Fsp3) is 0.0811. The molecule has 4 nitrogen and oxygen atoms in total. The van der Waals surface area contributed by atoms with E-state index in [2.05, 4.69) is 84.3 Å². The van der Waals surface area contributed by atoms with E-state index < -0.39 is 0 Å². The Balaban J connectivity index is 1.28. The van der Waals surface area contributed by atoms with Gasteiger partial charge in [0, 0.05) is 26.2 Å². The molecule has 0 saturated carbocycles. The number of imidazole rings is 1. The third-order valence-electron chi connectivity index (χ3n) is 8.42. The number of rotatable bonds is 3. The van der Waals surface area contributed by atoms with Gasteiger partial charge in [-0.25, -0.2) is 0 Å². The second-order valence-corrected chi connectivity index (χ2v) is 12.8. The van der Waals surface area contributed by atoms with Gasteiger partial charge in [-0.3, -0.25) is 8.97 Å². The monoisotopic (exact) mass is 596 g/mol. The van der Waals surface area contributed by atoms with E-state index in [9.17, 15) is 0 Å². The van der Waals surface area contributed by atoms with Gasteiger partial charge in [-0.05, 0) is 92.1 Å². The Bertz CT molecular complexity index is 2600. The van der Waals surface area contributed by atoms with Crippen LogP contribution in [0.1, 0.15) is 16.7 Å². The Labute approximate surface area is 255 Å². The average molecular weight is 597 g/mol. The van der Waals surface area contributed by atoms with E-state index >= 15 is 0 Å². The Hall–Kier alpha value is -4.71. The topological polar surface area (TPSA) is 31.7 Å². The Morgan fingerprint density at radius 1 is 0.721 bits per heavy atom. The third kappa shape index (κ3) is 3.56. The molecule has 0 aliphatic rings. The van der Waals surface area contributed by atoms with Crippen molar-refractivity contribution in [3.05, 3.63) is 119 Å². The third-order valence-corrected chi connectivity index (χ3v) is 9.97. The van der Waals surface area contributed by atoms with E-state index in [-0.39, 0.29) is 0 Å². The summed E-state index contributed by atoms with van der Waals surface area (Å²) < 4.78 is 18.6. The largest absolute Gasteiger partial charge is 0.456 e. The molecule has 0 atom stereocenters. The van der Waals surface area contributed by atoms with Gasteiger partial charge in [0.15, 0.2) is 0 Å². The normalized spacial score (nSPS) is 12.2. The summed E-state index contributed by atoms with van der Waals surface area (Å²) in [6.07, 6.45) is 0. The fourth-order valence-corrected chi connectivity index (χ4v) is 8.10. The minimum absolute atomic E-state index is 0.566. The highest BCUT2D eigenvalue weighted by atomic mass is 35.5. The van der Waals surface area contributed by atoms with E-state index in [1.165, 1.54) is 36.9 Å². The van der Waals surface area contributed by atoms with Crippen molar-refractivity contribution in [2.24, 2.45) is 0 Å².